The van der Waals surface area contributed by atoms with Crippen LogP contribution in [-0.2, 0) is 10.0 Å². The Hall–Kier alpha value is 0.180. The van der Waals surface area contributed by atoms with Crippen molar-refractivity contribution in [2.45, 2.75) is 6.92 Å². The normalized spacial score (nSPS) is 19.9. The Morgan fingerprint density at radius 2 is 2.06 bits per heavy atom. The summed E-state index contributed by atoms with van der Waals surface area (Å²) in [6, 6.07) is 0. The highest BCUT2D eigenvalue weighted by atomic mass is 32.2. The van der Waals surface area contributed by atoms with E-state index in [0.717, 1.165) is 31.9 Å². The van der Waals surface area contributed by atoms with Crippen LogP contribution >= 0.6 is 11.8 Å². The van der Waals surface area contributed by atoms with Gasteiger partial charge in [-0.15, -0.1) is 0 Å². The number of thioether (sulfide) groups is 1. The number of rotatable bonds is 8. The van der Waals surface area contributed by atoms with E-state index in [1.807, 2.05) is 6.26 Å². The van der Waals surface area contributed by atoms with Crippen molar-refractivity contribution in [3.05, 3.63) is 0 Å². The molecule has 0 aromatic carbocycles. The predicted octanol–water partition coefficient (Wildman–Crippen LogP) is -0.190. The zero-order valence-corrected chi connectivity index (χ0v) is 12.9. The zero-order valence-electron chi connectivity index (χ0n) is 11.3. The Kier molecular flexibility index (Phi) is 7.55. The molecule has 1 saturated heterocycles. The number of nitrogens with one attached hydrogen (secondary N) is 2. The molecule has 7 heteroatoms. The highest BCUT2D eigenvalue weighted by Crippen LogP contribution is 2.03. The van der Waals surface area contributed by atoms with Crippen molar-refractivity contribution < 1.29 is 8.42 Å². The lowest BCUT2D eigenvalue weighted by Crippen LogP contribution is -2.46. The minimum atomic E-state index is -3.12. The fraction of sp³-hybridized carbons (Fsp3) is 1.00. The molecule has 1 aliphatic heterocycles. The molecule has 0 aromatic heterocycles. The van der Waals surface area contributed by atoms with Gasteiger partial charge < -0.3 is 5.32 Å². The second-order valence-electron chi connectivity index (χ2n) is 4.82. The van der Waals surface area contributed by atoms with Gasteiger partial charge in [0.05, 0.1) is 5.75 Å². The van der Waals surface area contributed by atoms with E-state index < -0.39 is 10.0 Å². The largest absolute Gasteiger partial charge is 0.314 e. The third-order valence-electron chi connectivity index (χ3n) is 2.99. The molecule has 0 aliphatic carbocycles. The van der Waals surface area contributed by atoms with Crippen molar-refractivity contribution in [2.24, 2.45) is 5.92 Å². The Morgan fingerprint density at radius 1 is 1.39 bits per heavy atom. The van der Waals surface area contributed by atoms with E-state index in [1.54, 1.807) is 11.8 Å². The van der Waals surface area contributed by atoms with E-state index in [4.69, 9.17) is 0 Å². The molecule has 1 fully saturated rings. The zero-order chi connectivity index (χ0) is 13.4. The minimum Gasteiger partial charge on any atom is -0.314 e. The Bertz CT molecular complexity index is 316. The first kappa shape index (κ1) is 16.2. The molecule has 0 radical (unpaired) electrons. The maximum Gasteiger partial charge on any atom is 0.212 e. The SMILES string of the molecule is CSCC(C)CNS(=O)(=O)CCN1CCNCC1. The molecule has 0 aromatic rings. The van der Waals surface area contributed by atoms with Crippen LogP contribution in [-0.4, -0.2) is 70.3 Å². The highest BCUT2D eigenvalue weighted by Gasteiger charge is 2.15. The molecule has 1 atom stereocenters. The van der Waals surface area contributed by atoms with Gasteiger partial charge in [-0.05, 0) is 17.9 Å². The first-order valence-corrected chi connectivity index (χ1v) is 9.47. The molecular weight excluding hydrogens is 270 g/mol. The molecule has 1 rings (SSSR count). The molecule has 2 N–H and O–H groups in total. The monoisotopic (exact) mass is 295 g/mol. The van der Waals surface area contributed by atoms with Crippen LogP contribution in [0.3, 0.4) is 0 Å². The number of sulfonamides is 1. The van der Waals surface area contributed by atoms with Gasteiger partial charge in [-0.25, -0.2) is 13.1 Å². The van der Waals surface area contributed by atoms with E-state index in [-0.39, 0.29) is 5.75 Å². The van der Waals surface area contributed by atoms with Crippen LogP contribution in [0.2, 0.25) is 0 Å². The summed E-state index contributed by atoms with van der Waals surface area (Å²) >= 11 is 1.75. The van der Waals surface area contributed by atoms with E-state index >= 15 is 0 Å². The quantitative estimate of drug-likeness (QED) is 0.650. The van der Waals surface area contributed by atoms with Crippen LogP contribution in [0.1, 0.15) is 6.92 Å². The molecule has 1 aliphatic rings. The minimum absolute atomic E-state index is 0.207. The van der Waals surface area contributed by atoms with Gasteiger partial charge in [0.25, 0.3) is 0 Å². The fourth-order valence-corrected chi connectivity index (χ4v) is 3.74. The number of piperazine rings is 1. The van der Waals surface area contributed by atoms with E-state index in [0.29, 0.717) is 19.0 Å². The van der Waals surface area contributed by atoms with Gasteiger partial charge in [-0.2, -0.15) is 11.8 Å². The number of nitrogens with zero attached hydrogens (tertiary/aromatic N) is 1. The van der Waals surface area contributed by atoms with Crippen LogP contribution in [0.5, 0.6) is 0 Å². The summed E-state index contributed by atoms with van der Waals surface area (Å²) in [5.74, 6) is 1.58. The van der Waals surface area contributed by atoms with Crippen molar-refractivity contribution in [2.75, 3.05) is 57.0 Å². The summed E-state index contributed by atoms with van der Waals surface area (Å²) < 4.78 is 26.3. The molecule has 0 bridgehead atoms. The molecule has 1 heterocycles. The average molecular weight is 295 g/mol. The molecule has 18 heavy (non-hydrogen) atoms. The summed E-state index contributed by atoms with van der Waals surface area (Å²) in [6.45, 7) is 7.04. The average Bonchev–Trinajstić information content (AvgIpc) is 2.36. The van der Waals surface area contributed by atoms with Gasteiger partial charge in [-0.1, -0.05) is 6.92 Å². The van der Waals surface area contributed by atoms with Crippen molar-refractivity contribution >= 4 is 21.8 Å². The van der Waals surface area contributed by atoms with Crippen LogP contribution in [0.4, 0.5) is 0 Å². The maximum atomic E-state index is 11.8. The first-order valence-electron chi connectivity index (χ1n) is 6.43. The molecule has 5 nitrogen and oxygen atoms in total. The molecule has 1 unspecified atom stereocenters. The maximum absolute atomic E-state index is 11.8. The van der Waals surface area contributed by atoms with E-state index in [9.17, 15) is 8.42 Å². The summed E-state index contributed by atoms with van der Waals surface area (Å²) in [5, 5.41) is 3.26. The standard InChI is InChI=1S/C11H25N3O2S2/c1-11(10-17-2)9-13-18(15,16)8-7-14-5-3-12-4-6-14/h11-13H,3-10H2,1-2H3. The third kappa shape index (κ3) is 6.94. The van der Waals surface area contributed by atoms with Crippen LogP contribution in [0.25, 0.3) is 0 Å². The van der Waals surface area contributed by atoms with E-state index in [2.05, 4.69) is 21.9 Å². The second-order valence-corrected chi connectivity index (χ2v) is 7.66. The van der Waals surface area contributed by atoms with E-state index in [1.165, 1.54) is 0 Å². The summed E-state index contributed by atoms with van der Waals surface area (Å²) in [4.78, 5) is 2.20. The third-order valence-corrected chi connectivity index (χ3v) is 5.22. The fourth-order valence-electron chi connectivity index (χ4n) is 1.87. The molecular formula is C11H25N3O2S2. The van der Waals surface area contributed by atoms with Gasteiger partial charge in [-0.3, -0.25) is 4.90 Å². The second kappa shape index (κ2) is 8.37. The summed E-state index contributed by atoms with van der Waals surface area (Å²) in [5.41, 5.74) is 0. The lowest BCUT2D eigenvalue weighted by molar-refractivity contribution is 0.253. The molecule has 0 saturated carbocycles. The highest BCUT2D eigenvalue weighted by molar-refractivity contribution is 7.98. The predicted molar refractivity (Wildman–Crippen MR) is 78.6 cm³/mol. The van der Waals surface area contributed by atoms with Crippen molar-refractivity contribution in [3.63, 3.8) is 0 Å². The number of hydrogen-bond donors (Lipinski definition) is 2. The van der Waals surface area contributed by atoms with Gasteiger partial charge in [0.1, 0.15) is 0 Å². The number of hydrogen-bond acceptors (Lipinski definition) is 5. The Morgan fingerprint density at radius 3 is 2.67 bits per heavy atom. The van der Waals surface area contributed by atoms with Crippen molar-refractivity contribution in [3.8, 4) is 0 Å². The lowest BCUT2D eigenvalue weighted by Gasteiger charge is -2.27. The van der Waals surface area contributed by atoms with Gasteiger partial charge >= 0.3 is 0 Å². The Labute approximate surface area is 115 Å². The van der Waals surface area contributed by atoms with Crippen LogP contribution < -0.4 is 10.0 Å². The first-order chi connectivity index (χ1) is 8.53. The van der Waals surface area contributed by atoms with Gasteiger partial charge in [0.15, 0.2) is 0 Å². The Balaban J connectivity index is 2.22. The van der Waals surface area contributed by atoms with Gasteiger partial charge in [0, 0.05) is 39.3 Å². The van der Waals surface area contributed by atoms with Crippen LogP contribution in [0.15, 0.2) is 0 Å². The molecule has 0 amide bonds. The smallest absolute Gasteiger partial charge is 0.212 e. The summed E-state index contributed by atoms with van der Waals surface area (Å²) in [6.07, 6.45) is 2.04. The van der Waals surface area contributed by atoms with Crippen molar-refractivity contribution in [1.82, 2.24) is 14.9 Å². The topological polar surface area (TPSA) is 61.4 Å². The van der Waals surface area contributed by atoms with Gasteiger partial charge in [0.2, 0.25) is 10.0 Å². The summed E-state index contributed by atoms with van der Waals surface area (Å²) in [7, 11) is -3.12. The lowest BCUT2D eigenvalue weighted by atomic mass is 10.2. The van der Waals surface area contributed by atoms with Crippen LogP contribution in [0, 0.1) is 5.92 Å². The van der Waals surface area contributed by atoms with Crippen molar-refractivity contribution in [1.29, 1.82) is 0 Å². The molecule has 0 spiro atoms. The molecule has 108 valence electrons.